The number of aromatic nitrogens is 5. The molecular weight excluding hydrogens is 306 g/mol. The lowest BCUT2D eigenvalue weighted by Crippen LogP contribution is -2.02. The van der Waals surface area contributed by atoms with Gasteiger partial charge in [0.2, 0.25) is 0 Å². The summed E-state index contributed by atoms with van der Waals surface area (Å²) in [4.78, 5) is 12.8. The van der Waals surface area contributed by atoms with Crippen molar-refractivity contribution in [2.75, 3.05) is 0 Å². The Kier molecular flexibility index (Phi) is 4.17. The highest BCUT2D eigenvalue weighted by molar-refractivity contribution is 7.98. The van der Waals surface area contributed by atoms with Crippen molar-refractivity contribution >= 4 is 23.4 Å². The predicted molar refractivity (Wildman–Crippen MR) is 82.7 cm³/mol. The van der Waals surface area contributed by atoms with Crippen LogP contribution in [0.1, 0.15) is 11.6 Å². The van der Waals surface area contributed by atoms with E-state index in [9.17, 15) is 0 Å². The van der Waals surface area contributed by atoms with Gasteiger partial charge in [-0.2, -0.15) is 5.10 Å². The molecule has 5 nitrogen and oxygen atoms in total. The Morgan fingerprint density at radius 3 is 2.76 bits per heavy atom. The molecule has 106 valence electrons. The molecular formula is C14H12ClN5S. The van der Waals surface area contributed by atoms with E-state index in [0.717, 1.165) is 22.5 Å². The molecule has 3 aromatic rings. The minimum atomic E-state index is 0.636. The van der Waals surface area contributed by atoms with Gasteiger partial charge in [-0.3, -0.25) is 0 Å². The lowest BCUT2D eigenvalue weighted by Gasteiger charge is -2.05. The summed E-state index contributed by atoms with van der Waals surface area (Å²) in [6, 6.07) is 9.34. The van der Waals surface area contributed by atoms with Gasteiger partial charge in [-0.25, -0.2) is 19.6 Å². The van der Waals surface area contributed by atoms with Crippen molar-refractivity contribution in [2.45, 2.75) is 17.8 Å². The van der Waals surface area contributed by atoms with Crippen molar-refractivity contribution in [1.29, 1.82) is 0 Å². The van der Waals surface area contributed by atoms with Crippen LogP contribution in [0.5, 0.6) is 0 Å². The Morgan fingerprint density at radius 1 is 1.19 bits per heavy atom. The summed E-state index contributed by atoms with van der Waals surface area (Å²) in [5.41, 5.74) is 0.896. The average Bonchev–Trinajstić information content (AvgIpc) is 2.87. The van der Waals surface area contributed by atoms with E-state index in [1.807, 2.05) is 31.2 Å². The number of halogens is 1. The predicted octanol–water partition coefficient (Wildman–Crippen LogP) is 3.31. The van der Waals surface area contributed by atoms with Crippen molar-refractivity contribution in [3.05, 3.63) is 59.4 Å². The van der Waals surface area contributed by atoms with E-state index in [1.54, 1.807) is 23.1 Å². The summed E-state index contributed by atoms with van der Waals surface area (Å²) in [6.07, 6.45) is 3.45. The smallest absolute Gasteiger partial charge is 0.187 e. The van der Waals surface area contributed by atoms with E-state index in [4.69, 9.17) is 11.6 Å². The standard InChI is InChI=1S/C14H12ClN5S/c1-10-18-13(9-21-14-16-6-3-7-17-14)20(19-10)12-5-2-4-11(15)8-12/h2-8H,9H2,1H3. The first-order valence-electron chi connectivity index (χ1n) is 6.31. The van der Waals surface area contributed by atoms with Crippen LogP contribution in [0.3, 0.4) is 0 Å². The van der Waals surface area contributed by atoms with Gasteiger partial charge >= 0.3 is 0 Å². The molecule has 0 amide bonds. The molecule has 2 aromatic heterocycles. The highest BCUT2D eigenvalue weighted by Gasteiger charge is 2.11. The topological polar surface area (TPSA) is 56.5 Å². The first kappa shape index (κ1) is 14.0. The average molecular weight is 318 g/mol. The van der Waals surface area contributed by atoms with Crippen molar-refractivity contribution in [2.24, 2.45) is 0 Å². The van der Waals surface area contributed by atoms with Gasteiger partial charge in [-0.1, -0.05) is 29.4 Å². The van der Waals surface area contributed by atoms with Gasteiger partial charge in [-0.15, -0.1) is 0 Å². The quantitative estimate of drug-likeness (QED) is 0.546. The van der Waals surface area contributed by atoms with Gasteiger partial charge in [0.1, 0.15) is 11.6 Å². The van der Waals surface area contributed by atoms with Crippen LogP contribution in [0.25, 0.3) is 5.69 Å². The first-order chi connectivity index (χ1) is 10.2. The Labute approximate surface area is 131 Å². The second-order valence-corrected chi connectivity index (χ2v) is 5.67. The van der Waals surface area contributed by atoms with Crippen LogP contribution in [-0.4, -0.2) is 24.7 Å². The van der Waals surface area contributed by atoms with Crippen LogP contribution < -0.4 is 0 Å². The van der Waals surface area contributed by atoms with Gasteiger partial charge in [0, 0.05) is 17.4 Å². The molecule has 0 radical (unpaired) electrons. The third-order valence-electron chi connectivity index (χ3n) is 2.71. The molecule has 7 heteroatoms. The molecule has 3 rings (SSSR count). The maximum absolute atomic E-state index is 6.04. The number of benzene rings is 1. The van der Waals surface area contributed by atoms with Gasteiger partial charge < -0.3 is 0 Å². The lowest BCUT2D eigenvalue weighted by molar-refractivity contribution is 0.824. The summed E-state index contributed by atoms with van der Waals surface area (Å²) < 4.78 is 1.80. The van der Waals surface area contributed by atoms with E-state index >= 15 is 0 Å². The second kappa shape index (κ2) is 6.24. The fourth-order valence-electron chi connectivity index (χ4n) is 1.86. The minimum absolute atomic E-state index is 0.636. The number of thioether (sulfide) groups is 1. The first-order valence-corrected chi connectivity index (χ1v) is 7.67. The molecule has 21 heavy (non-hydrogen) atoms. The van der Waals surface area contributed by atoms with Crippen LogP contribution in [0.2, 0.25) is 5.02 Å². The molecule has 0 saturated heterocycles. The third-order valence-corrected chi connectivity index (χ3v) is 3.81. The molecule has 0 N–H and O–H groups in total. The Bertz CT molecular complexity index is 744. The fraction of sp³-hybridized carbons (Fsp3) is 0.143. The molecule has 0 fully saturated rings. The summed E-state index contributed by atoms with van der Waals surface area (Å²) in [5.74, 6) is 2.20. The van der Waals surface area contributed by atoms with Crippen LogP contribution >= 0.6 is 23.4 Å². The van der Waals surface area contributed by atoms with Crippen molar-refractivity contribution in [3.63, 3.8) is 0 Å². The highest BCUT2D eigenvalue weighted by Crippen LogP contribution is 2.21. The molecule has 2 heterocycles. The molecule has 0 aliphatic rings. The van der Waals surface area contributed by atoms with Gasteiger partial charge in [0.25, 0.3) is 0 Å². The molecule has 0 saturated carbocycles. The molecule has 0 aliphatic carbocycles. The zero-order chi connectivity index (χ0) is 14.7. The maximum atomic E-state index is 6.04. The maximum Gasteiger partial charge on any atom is 0.187 e. The molecule has 0 spiro atoms. The lowest BCUT2D eigenvalue weighted by atomic mass is 10.3. The summed E-state index contributed by atoms with van der Waals surface area (Å²) in [6.45, 7) is 1.87. The Hall–Kier alpha value is -1.92. The number of hydrogen-bond donors (Lipinski definition) is 0. The van der Waals surface area contributed by atoms with Crippen LogP contribution in [0.4, 0.5) is 0 Å². The molecule has 0 atom stereocenters. The van der Waals surface area contributed by atoms with Crippen molar-refractivity contribution in [1.82, 2.24) is 24.7 Å². The largest absolute Gasteiger partial charge is 0.231 e. The van der Waals surface area contributed by atoms with Crippen molar-refractivity contribution < 1.29 is 0 Å². The van der Waals surface area contributed by atoms with Gasteiger partial charge in [0.15, 0.2) is 5.16 Å². The number of nitrogens with zero attached hydrogens (tertiary/aromatic N) is 5. The number of rotatable bonds is 4. The number of hydrogen-bond acceptors (Lipinski definition) is 5. The molecule has 0 bridgehead atoms. The van der Waals surface area contributed by atoms with Crippen LogP contribution in [-0.2, 0) is 5.75 Å². The molecule has 0 unspecified atom stereocenters. The molecule has 0 aliphatic heterocycles. The number of aryl methyl sites for hydroxylation is 1. The fourth-order valence-corrected chi connectivity index (χ4v) is 2.76. The SMILES string of the molecule is Cc1nc(CSc2ncccn2)n(-c2cccc(Cl)c2)n1. The van der Waals surface area contributed by atoms with E-state index < -0.39 is 0 Å². The summed E-state index contributed by atoms with van der Waals surface area (Å²) in [5, 5.41) is 5.82. The summed E-state index contributed by atoms with van der Waals surface area (Å²) in [7, 11) is 0. The minimum Gasteiger partial charge on any atom is -0.231 e. The normalized spacial score (nSPS) is 10.8. The van der Waals surface area contributed by atoms with Crippen LogP contribution in [0.15, 0.2) is 47.9 Å². The van der Waals surface area contributed by atoms with Crippen molar-refractivity contribution in [3.8, 4) is 5.69 Å². The Balaban J connectivity index is 1.86. The van der Waals surface area contributed by atoms with Crippen LogP contribution in [0, 0.1) is 6.92 Å². The van der Waals surface area contributed by atoms with E-state index in [1.165, 1.54) is 11.8 Å². The highest BCUT2D eigenvalue weighted by atomic mass is 35.5. The second-order valence-electron chi connectivity index (χ2n) is 4.29. The zero-order valence-corrected chi connectivity index (χ0v) is 12.8. The zero-order valence-electron chi connectivity index (χ0n) is 11.3. The van der Waals surface area contributed by atoms with Gasteiger partial charge in [-0.05, 0) is 31.2 Å². The van der Waals surface area contributed by atoms with E-state index in [0.29, 0.717) is 10.8 Å². The van der Waals surface area contributed by atoms with E-state index in [-0.39, 0.29) is 0 Å². The van der Waals surface area contributed by atoms with E-state index in [2.05, 4.69) is 20.1 Å². The third kappa shape index (κ3) is 3.40. The van der Waals surface area contributed by atoms with Gasteiger partial charge in [0.05, 0.1) is 11.4 Å². The Morgan fingerprint density at radius 2 is 2.00 bits per heavy atom. The summed E-state index contributed by atoms with van der Waals surface area (Å²) >= 11 is 7.56. The monoisotopic (exact) mass is 317 g/mol. The molecule has 1 aromatic carbocycles.